The molecule has 1 aromatic carbocycles. The molecular weight excluding hydrogens is 325 g/mol. The highest BCUT2D eigenvalue weighted by molar-refractivity contribution is 8.00. The fourth-order valence-corrected chi connectivity index (χ4v) is 2.75. The molecule has 7 heteroatoms. The van der Waals surface area contributed by atoms with E-state index in [0.29, 0.717) is 12.0 Å². The van der Waals surface area contributed by atoms with Gasteiger partial charge in [0.1, 0.15) is 6.33 Å². The Balaban J connectivity index is 2.10. The number of hydrogen-bond donors (Lipinski definition) is 0. The minimum atomic E-state index is -4.30. The zero-order chi connectivity index (χ0) is 17.1. The molecule has 23 heavy (non-hydrogen) atoms. The second-order valence-electron chi connectivity index (χ2n) is 5.71. The smallest absolute Gasteiger partial charge is 0.293 e. The van der Waals surface area contributed by atoms with E-state index in [9.17, 15) is 18.0 Å². The van der Waals surface area contributed by atoms with Gasteiger partial charge in [-0.1, -0.05) is 26.0 Å². The molecule has 0 N–H and O–H groups in total. The van der Waals surface area contributed by atoms with Crippen molar-refractivity contribution in [2.75, 3.05) is 0 Å². The Hall–Kier alpha value is -1.89. The summed E-state index contributed by atoms with van der Waals surface area (Å²) >= 11 is -0.153. The van der Waals surface area contributed by atoms with Crippen LogP contribution in [0, 0.1) is 5.41 Å². The Morgan fingerprint density at radius 1 is 1.09 bits per heavy atom. The molecule has 0 aliphatic carbocycles. The van der Waals surface area contributed by atoms with Crippen LogP contribution in [0.15, 0.2) is 47.9 Å². The van der Waals surface area contributed by atoms with Crippen molar-refractivity contribution in [1.82, 2.24) is 9.97 Å². The molecule has 0 aliphatic heterocycles. The highest BCUT2D eigenvalue weighted by Crippen LogP contribution is 2.37. The molecule has 1 heterocycles. The number of thioether (sulfide) groups is 1. The molecule has 2 aromatic rings. The standard InChI is InChI=1S/C16H15F3N2OS/c1-15(2,14(22)12-8-20-10-21-9-12)7-11-3-5-13(6-4-11)23-16(17,18)19/h3-6,8-10H,7H2,1-2H3. The second kappa shape index (κ2) is 6.70. The second-order valence-corrected chi connectivity index (χ2v) is 6.85. The summed E-state index contributed by atoms with van der Waals surface area (Å²) in [5, 5.41) is 0. The van der Waals surface area contributed by atoms with Gasteiger partial charge in [0.15, 0.2) is 5.78 Å². The maximum atomic E-state index is 12.5. The van der Waals surface area contributed by atoms with E-state index < -0.39 is 10.9 Å². The van der Waals surface area contributed by atoms with Crippen LogP contribution in [0.4, 0.5) is 13.2 Å². The first-order valence-electron chi connectivity index (χ1n) is 6.82. The third-order valence-electron chi connectivity index (χ3n) is 3.24. The van der Waals surface area contributed by atoms with Crippen molar-refractivity contribution in [1.29, 1.82) is 0 Å². The lowest BCUT2D eigenvalue weighted by Gasteiger charge is -2.23. The van der Waals surface area contributed by atoms with Crippen molar-refractivity contribution in [3.8, 4) is 0 Å². The van der Waals surface area contributed by atoms with E-state index >= 15 is 0 Å². The molecule has 122 valence electrons. The number of alkyl halides is 3. The van der Waals surface area contributed by atoms with E-state index in [1.54, 1.807) is 26.0 Å². The SMILES string of the molecule is CC(C)(Cc1ccc(SC(F)(F)F)cc1)C(=O)c1cncnc1. The van der Waals surface area contributed by atoms with Gasteiger partial charge in [-0.25, -0.2) is 9.97 Å². The van der Waals surface area contributed by atoms with Gasteiger partial charge >= 0.3 is 5.51 Å². The maximum absolute atomic E-state index is 12.5. The molecular formula is C16H15F3N2OS. The van der Waals surface area contributed by atoms with Crippen molar-refractivity contribution < 1.29 is 18.0 Å². The number of rotatable bonds is 5. The van der Waals surface area contributed by atoms with Crippen LogP contribution in [0.3, 0.4) is 0 Å². The van der Waals surface area contributed by atoms with E-state index in [-0.39, 0.29) is 22.4 Å². The van der Waals surface area contributed by atoms with Crippen LogP contribution < -0.4 is 0 Å². The molecule has 0 fully saturated rings. The highest BCUT2D eigenvalue weighted by atomic mass is 32.2. The minimum Gasteiger partial charge on any atom is -0.293 e. The number of hydrogen-bond acceptors (Lipinski definition) is 4. The number of halogens is 3. The van der Waals surface area contributed by atoms with Crippen molar-refractivity contribution in [3.63, 3.8) is 0 Å². The third kappa shape index (κ3) is 5.06. The van der Waals surface area contributed by atoms with Crippen molar-refractivity contribution in [3.05, 3.63) is 54.1 Å². The number of aromatic nitrogens is 2. The maximum Gasteiger partial charge on any atom is 0.446 e. The Morgan fingerprint density at radius 2 is 1.65 bits per heavy atom. The molecule has 0 saturated heterocycles. The quantitative estimate of drug-likeness (QED) is 0.592. The van der Waals surface area contributed by atoms with E-state index in [2.05, 4.69) is 9.97 Å². The van der Waals surface area contributed by atoms with Gasteiger partial charge in [0, 0.05) is 22.7 Å². The Bertz CT molecular complexity index is 670. The lowest BCUT2D eigenvalue weighted by molar-refractivity contribution is -0.0328. The summed E-state index contributed by atoms with van der Waals surface area (Å²) in [6.45, 7) is 3.58. The lowest BCUT2D eigenvalue weighted by atomic mass is 9.79. The van der Waals surface area contributed by atoms with Gasteiger partial charge < -0.3 is 0 Å². The van der Waals surface area contributed by atoms with Crippen LogP contribution in [0.1, 0.15) is 29.8 Å². The molecule has 0 saturated carbocycles. The molecule has 0 amide bonds. The Kier molecular flexibility index (Phi) is 5.09. The first-order valence-corrected chi connectivity index (χ1v) is 7.63. The fourth-order valence-electron chi connectivity index (χ4n) is 2.21. The van der Waals surface area contributed by atoms with Crippen LogP contribution in [0.25, 0.3) is 0 Å². The van der Waals surface area contributed by atoms with E-state index in [0.717, 1.165) is 5.56 Å². The highest BCUT2D eigenvalue weighted by Gasteiger charge is 2.30. The topological polar surface area (TPSA) is 42.9 Å². The molecule has 0 aliphatic rings. The van der Waals surface area contributed by atoms with Gasteiger partial charge in [0.2, 0.25) is 0 Å². The number of nitrogens with zero attached hydrogens (tertiary/aromatic N) is 2. The minimum absolute atomic E-state index is 0.105. The number of benzene rings is 1. The monoisotopic (exact) mass is 340 g/mol. The molecule has 3 nitrogen and oxygen atoms in total. The van der Waals surface area contributed by atoms with Gasteiger partial charge in [0.25, 0.3) is 0 Å². The van der Waals surface area contributed by atoms with Gasteiger partial charge in [-0.05, 0) is 35.9 Å². The van der Waals surface area contributed by atoms with Gasteiger partial charge in [-0.3, -0.25) is 4.79 Å². The summed E-state index contributed by atoms with van der Waals surface area (Å²) in [5.41, 5.74) is -3.79. The molecule has 1 aromatic heterocycles. The predicted octanol–water partition coefficient (Wildman–Crippen LogP) is 4.54. The summed E-state index contributed by atoms with van der Waals surface area (Å²) in [6, 6.07) is 6.06. The van der Waals surface area contributed by atoms with Gasteiger partial charge in [-0.15, -0.1) is 0 Å². The van der Waals surface area contributed by atoms with E-state index in [1.807, 2.05) is 0 Å². The normalized spacial score (nSPS) is 12.2. The lowest BCUT2D eigenvalue weighted by Crippen LogP contribution is -2.27. The molecule has 0 spiro atoms. The number of ketones is 1. The molecule has 0 unspecified atom stereocenters. The first-order chi connectivity index (χ1) is 10.7. The largest absolute Gasteiger partial charge is 0.446 e. The summed E-state index contributed by atoms with van der Waals surface area (Å²) in [6.07, 6.45) is 4.68. The zero-order valence-electron chi connectivity index (χ0n) is 12.6. The Morgan fingerprint density at radius 3 is 2.17 bits per heavy atom. The van der Waals surface area contributed by atoms with Crippen molar-refractivity contribution >= 4 is 17.5 Å². The Labute approximate surface area is 136 Å². The van der Waals surface area contributed by atoms with Crippen LogP contribution in [0.5, 0.6) is 0 Å². The number of Topliss-reactive ketones (excluding diaryl/α,β-unsaturated/α-hetero) is 1. The summed E-state index contributed by atoms with van der Waals surface area (Å²) in [5.74, 6) is -0.105. The molecule has 2 rings (SSSR count). The number of carbonyl (C=O) groups excluding carboxylic acids is 1. The van der Waals surface area contributed by atoms with Crippen molar-refractivity contribution in [2.45, 2.75) is 30.7 Å². The summed E-state index contributed by atoms with van der Waals surface area (Å²) < 4.78 is 36.9. The average Bonchev–Trinajstić information content (AvgIpc) is 2.48. The van der Waals surface area contributed by atoms with Crippen molar-refractivity contribution in [2.24, 2.45) is 5.41 Å². The first kappa shape index (κ1) is 17.5. The summed E-state index contributed by atoms with van der Waals surface area (Å²) in [7, 11) is 0. The third-order valence-corrected chi connectivity index (χ3v) is 3.98. The number of carbonyl (C=O) groups is 1. The van der Waals surface area contributed by atoms with E-state index in [1.165, 1.54) is 30.9 Å². The van der Waals surface area contributed by atoms with Crippen LogP contribution in [-0.4, -0.2) is 21.3 Å². The van der Waals surface area contributed by atoms with Crippen LogP contribution in [-0.2, 0) is 6.42 Å². The van der Waals surface area contributed by atoms with Gasteiger partial charge in [0.05, 0.1) is 5.56 Å². The van der Waals surface area contributed by atoms with Gasteiger partial charge in [-0.2, -0.15) is 13.2 Å². The summed E-state index contributed by atoms with van der Waals surface area (Å²) in [4.78, 5) is 20.3. The average molecular weight is 340 g/mol. The predicted molar refractivity (Wildman–Crippen MR) is 82.2 cm³/mol. The molecule has 0 radical (unpaired) electrons. The molecule has 0 atom stereocenters. The van der Waals surface area contributed by atoms with Crippen LogP contribution in [0.2, 0.25) is 0 Å². The van der Waals surface area contributed by atoms with Crippen LogP contribution >= 0.6 is 11.8 Å². The zero-order valence-corrected chi connectivity index (χ0v) is 13.4. The molecule has 0 bridgehead atoms. The fraction of sp³-hybridized carbons (Fsp3) is 0.312. The van der Waals surface area contributed by atoms with E-state index in [4.69, 9.17) is 0 Å².